The molecule has 0 heterocycles. The van der Waals surface area contributed by atoms with Crippen LogP contribution < -0.4 is 0 Å². The maximum Gasteiger partial charge on any atom is 0.192 e. The van der Waals surface area contributed by atoms with E-state index in [1.807, 2.05) is 5.57 Å². The third-order valence-corrected chi connectivity index (χ3v) is 17.6. The monoisotopic (exact) mass is 536 g/mol. The van der Waals surface area contributed by atoms with E-state index in [-0.39, 0.29) is 5.04 Å². The lowest BCUT2D eigenvalue weighted by molar-refractivity contribution is 0.0383. The van der Waals surface area contributed by atoms with Gasteiger partial charge in [-0.05, 0) is 110 Å². The second-order valence-corrected chi connectivity index (χ2v) is 20.8. The van der Waals surface area contributed by atoms with Gasteiger partial charge in [0.15, 0.2) is 8.32 Å². The van der Waals surface area contributed by atoms with E-state index in [2.05, 4.69) is 109 Å². The van der Waals surface area contributed by atoms with Crippen LogP contribution in [0.1, 0.15) is 86.5 Å². The van der Waals surface area contributed by atoms with Gasteiger partial charge in [-0.25, -0.2) is 0 Å². The highest BCUT2D eigenvalue weighted by molar-refractivity contribution is 7.99. The molecule has 3 saturated carbocycles. The second-order valence-electron chi connectivity index (χ2n) is 15.0. The highest BCUT2D eigenvalue weighted by Gasteiger charge is 2.57. The van der Waals surface area contributed by atoms with Crippen LogP contribution in [-0.2, 0) is 4.43 Å². The molecule has 0 aliphatic heterocycles. The molecule has 0 unspecified atom stereocenters. The molecule has 0 bridgehead atoms. The molecule has 5 rings (SSSR count). The lowest BCUT2D eigenvalue weighted by Crippen LogP contribution is -2.49. The molecule has 0 aromatic heterocycles. The van der Waals surface area contributed by atoms with E-state index in [1.165, 1.54) is 49.2 Å². The Balaban J connectivity index is 1.30. The zero-order valence-electron chi connectivity index (χ0n) is 24.9. The van der Waals surface area contributed by atoms with Crippen LogP contribution in [0.4, 0.5) is 0 Å². The van der Waals surface area contributed by atoms with Gasteiger partial charge in [0.2, 0.25) is 0 Å². The summed E-state index contributed by atoms with van der Waals surface area (Å²) >= 11 is 2.06. The Bertz CT molecular complexity index is 1040. The molecule has 0 radical (unpaired) electrons. The number of hydrogen-bond donors (Lipinski definition) is 0. The number of benzene rings is 1. The molecule has 0 amide bonds. The molecule has 204 valence electrons. The summed E-state index contributed by atoms with van der Waals surface area (Å²) in [6, 6.07) is 11.0. The number of allylic oxidation sites excluding steroid dienone is 3. The van der Waals surface area contributed by atoms with Crippen LogP contribution in [0.3, 0.4) is 0 Å². The predicted octanol–water partition coefficient (Wildman–Crippen LogP) is 10.3. The lowest BCUT2D eigenvalue weighted by atomic mass is 9.50. The van der Waals surface area contributed by atoms with Crippen molar-refractivity contribution in [1.29, 1.82) is 0 Å². The Morgan fingerprint density at radius 3 is 2.41 bits per heavy atom. The molecular formula is C34H52OSSi. The van der Waals surface area contributed by atoms with Crippen LogP contribution in [0.25, 0.3) is 0 Å². The van der Waals surface area contributed by atoms with Gasteiger partial charge in [-0.3, -0.25) is 0 Å². The molecule has 37 heavy (non-hydrogen) atoms. The molecule has 0 N–H and O–H groups in total. The number of hydrogen-bond acceptors (Lipinski definition) is 2. The lowest BCUT2D eigenvalue weighted by Gasteiger charge is -2.56. The fraction of sp³-hybridized carbons (Fsp3) is 0.706. The van der Waals surface area contributed by atoms with Crippen LogP contribution in [0.5, 0.6) is 0 Å². The summed E-state index contributed by atoms with van der Waals surface area (Å²) in [7, 11) is -1.73. The first-order valence-electron chi connectivity index (χ1n) is 15.1. The summed E-state index contributed by atoms with van der Waals surface area (Å²) in [6.07, 6.45) is 14.9. The quantitative estimate of drug-likeness (QED) is 0.264. The Morgan fingerprint density at radius 1 is 0.973 bits per heavy atom. The number of fused-ring (bicyclic) bond motifs is 5. The van der Waals surface area contributed by atoms with Crippen molar-refractivity contribution >= 4 is 20.1 Å². The SMILES string of the molecule is C[C@@H](CSc1ccccc1)[C@H]1CC[C@H]2C3=CC=C4C[C@@H](O[Si](C)(C)C(C)(C)C)CC[C@]4(C)[C@H]3CC[C@]12C. The van der Waals surface area contributed by atoms with Crippen molar-refractivity contribution in [3.8, 4) is 0 Å². The van der Waals surface area contributed by atoms with Crippen molar-refractivity contribution in [3.05, 3.63) is 53.6 Å². The van der Waals surface area contributed by atoms with Gasteiger partial charge >= 0.3 is 0 Å². The van der Waals surface area contributed by atoms with E-state index in [1.54, 1.807) is 5.57 Å². The van der Waals surface area contributed by atoms with Gasteiger partial charge < -0.3 is 4.43 Å². The maximum absolute atomic E-state index is 6.93. The molecule has 4 aliphatic carbocycles. The van der Waals surface area contributed by atoms with Crippen LogP contribution >= 0.6 is 11.8 Å². The Kier molecular flexibility index (Phi) is 7.51. The molecule has 3 fully saturated rings. The second kappa shape index (κ2) is 10.0. The summed E-state index contributed by atoms with van der Waals surface area (Å²) in [5.74, 6) is 4.41. The molecule has 0 saturated heterocycles. The van der Waals surface area contributed by atoms with Crippen LogP contribution in [0.15, 0.2) is 58.5 Å². The Morgan fingerprint density at radius 2 is 1.70 bits per heavy atom. The number of thioether (sulfide) groups is 1. The largest absolute Gasteiger partial charge is 0.414 e. The topological polar surface area (TPSA) is 9.23 Å². The molecular weight excluding hydrogens is 485 g/mol. The van der Waals surface area contributed by atoms with Crippen molar-refractivity contribution in [2.45, 2.75) is 116 Å². The minimum absolute atomic E-state index is 0.283. The standard InChI is InChI=1S/C34H52OSSi/c1-24(23-36-27-12-10-9-11-13-27)29-16-17-30-28-15-14-25-22-26(35-37(7,8)32(2,3)4)18-20-33(25,5)31(28)19-21-34(29,30)6/h9-15,24,26,29-31H,16-23H2,1-8H3/t24-,26-,29+,30-,31-,33-,34+/m0/s1. The van der Waals surface area contributed by atoms with Gasteiger partial charge in [0, 0.05) is 16.8 Å². The minimum Gasteiger partial charge on any atom is -0.414 e. The summed E-state index contributed by atoms with van der Waals surface area (Å²) in [5.41, 5.74) is 4.35. The first-order chi connectivity index (χ1) is 17.3. The van der Waals surface area contributed by atoms with Gasteiger partial charge in [0.25, 0.3) is 0 Å². The molecule has 1 aromatic carbocycles. The number of rotatable bonds is 6. The average molecular weight is 537 g/mol. The predicted molar refractivity (Wildman–Crippen MR) is 164 cm³/mol. The van der Waals surface area contributed by atoms with E-state index >= 15 is 0 Å². The van der Waals surface area contributed by atoms with E-state index in [0.29, 0.717) is 16.9 Å². The van der Waals surface area contributed by atoms with Crippen molar-refractivity contribution in [2.75, 3.05) is 5.75 Å². The molecule has 3 heteroatoms. The van der Waals surface area contributed by atoms with Gasteiger partial charge in [-0.2, -0.15) is 0 Å². The normalized spacial score (nSPS) is 36.6. The van der Waals surface area contributed by atoms with Gasteiger partial charge in [0.05, 0.1) is 0 Å². The molecule has 1 nitrogen and oxygen atoms in total. The van der Waals surface area contributed by atoms with Crippen LogP contribution in [0, 0.1) is 34.5 Å². The van der Waals surface area contributed by atoms with Crippen LogP contribution in [-0.4, -0.2) is 20.2 Å². The third-order valence-electron chi connectivity index (χ3n) is 11.8. The van der Waals surface area contributed by atoms with Gasteiger partial charge in [-0.1, -0.05) is 83.0 Å². The highest BCUT2D eigenvalue weighted by Crippen LogP contribution is 2.66. The summed E-state index contributed by atoms with van der Waals surface area (Å²) in [6.45, 7) is 19.8. The Hall–Kier alpha value is -0.773. The van der Waals surface area contributed by atoms with E-state index < -0.39 is 8.32 Å². The molecule has 4 aliphatic rings. The third kappa shape index (κ3) is 5.00. The first-order valence-corrected chi connectivity index (χ1v) is 19.0. The minimum atomic E-state index is -1.73. The van der Waals surface area contributed by atoms with Crippen LogP contribution in [0.2, 0.25) is 18.1 Å². The zero-order valence-corrected chi connectivity index (χ0v) is 26.7. The van der Waals surface area contributed by atoms with Gasteiger partial charge in [-0.15, -0.1) is 11.8 Å². The van der Waals surface area contributed by atoms with Crippen molar-refractivity contribution in [2.24, 2.45) is 34.5 Å². The van der Waals surface area contributed by atoms with E-state index in [4.69, 9.17) is 4.43 Å². The molecule has 1 aromatic rings. The summed E-state index contributed by atoms with van der Waals surface area (Å²) < 4.78 is 6.93. The maximum atomic E-state index is 6.93. The zero-order chi connectivity index (χ0) is 26.6. The summed E-state index contributed by atoms with van der Waals surface area (Å²) in [5, 5.41) is 0.283. The fourth-order valence-electron chi connectivity index (χ4n) is 8.50. The van der Waals surface area contributed by atoms with Crippen molar-refractivity contribution < 1.29 is 4.43 Å². The summed E-state index contributed by atoms with van der Waals surface area (Å²) in [4.78, 5) is 1.42. The van der Waals surface area contributed by atoms with E-state index in [9.17, 15) is 0 Å². The highest BCUT2D eigenvalue weighted by atomic mass is 32.2. The van der Waals surface area contributed by atoms with E-state index in [0.717, 1.165) is 30.1 Å². The smallest absolute Gasteiger partial charge is 0.192 e. The molecule has 0 spiro atoms. The molecule has 7 atom stereocenters. The average Bonchev–Trinajstić information content (AvgIpc) is 3.20. The fourth-order valence-corrected chi connectivity index (χ4v) is 10.9. The van der Waals surface area contributed by atoms with Gasteiger partial charge in [0.1, 0.15) is 0 Å². The van der Waals surface area contributed by atoms with Crippen molar-refractivity contribution in [3.63, 3.8) is 0 Å². The van der Waals surface area contributed by atoms with Crippen molar-refractivity contribution in [1.82, 2.24) is 0 Å². The first kappa shape index (κ1) is 27.8. The Labute approximate surface area is 233 Å².